The first-order valence-electron chi connectivity index (χ1n) is 8.98. The highest BCUT2D eigenvalue weighted by atomic mass is 32.2. The number of ether oxygens (including phenoxy) is 1. The van der Waals surface area contributed by atoms with E-state index in [0.29, 0.717) is 0 Å². The van der Waals surface area contributed by atoms with E-state index in [2.05, 4.69) is 11.4 Å². The molecule has 1 aliphatic carbocycles. The number of hydrogen-bond acceptors (Lipinski definition) is 6. The maximum Gasteiger partial charge on any atom is 0.338 e. The lowest BCUT2D eigenvalue weighted by molar-refractivity contribution is -0.125. The van der Waals surface area contributed by atoms with Crippen molar-refractivity contribution in [3.05, 3.63) is 29.8 Å². The molecule has 0 aliphatic heterocycles. The predicted octanol–water partition coefficient (Wildman–Crippen LogP) is 1.68. The molecule has 28 heavy (non-hydrogen) atoms. The van der Waals surface area contributed by atoms with Crippen LogP contribution in [0.3, 0.4) is 0 Å². The molecule has 9 heteroatoms. The van der Waals surface area contributed by atoms with E-state index in [4.69, 9.17) is 4.74 Å². The Hall–Kier alpha value is -2.44. The predicted molar refractivity (Wildman–Crippen MR) is 102 cm³/mol. The van der Waals surface area contributed by atoms with E-state index >= 15 is 0 Å². The van der Waals surface area contributed by atoms with Crippen molar-refractivity contribution in [2.24, 2.45) is 5.92 Å². The molecular formula is C19H25N3O5S. The lowest BCUT2D eigenvalue weighted by Crippen LogP contribution is -2.48. The average Bonchev–Trinajstić information content (AvgIpc) is 3.51. The first-order chi connectivity index (χ1) is 13.0. The molecule has 1 aromatic carbocycles. The van der Waals surface area contributed by atoms with Gasteiger partial charge in [-0.3, -0.25) is 4.79 Å². The zero-order chi connectivity index (χ0) is 21.1. The number of nitrogens with zero attached hydrogens (tertiary/aromatic N) is 2. The van der Waals surface area contributed by atoms with Crippen molar-refractivity contribution in [2.45, 2.75) is 50.1 Å². The van der Waals surface area contributed by atoms with Crippen molar-refractivity contribution in [1.82, 2.24) is 9.62 Å². The van der Waals surface area contributed by atoms with Gasteiger partial charge in [0.1, 0.15) is 5.54 Å². The van der Waals surface area contributed by atoms with Crippen LogP contribution in [0.1, 0.15) is 44.0 Å². The summed E-state index contributed by atoms with van der Waals surface area (Å²) in [4.78, 5) is 24.2. The van der Waals surface area contributed by atoms with Gasteiger partial charge in [0.15, 0.2) is 6.61 Å². The SMILES string of the molecule is CC(C)N(C)S(=O)(=O)c1cccc(C(=O)OCC(=O)N[C@](C)(C#N)C2CC2)c1. The number of nitrogens with one attached hydrogen (secondary N) is 1. The van der Waals surface area contributed by atoms with Gasteiger partial charge >= 0.3 is 5.97 Å². The van der Waals surface area contributed by atoms with Crippen LogP contribution in [-0.2, 0) is 19.6 Å². The quantitative estimate of drug-likeness (QED) is 0.655. The third-order valence-corrected chi connectivity index (χ3v) is 6.86. The molecule has 1 N–H and O–H groups in total. The monoisotopic (exact) mass is 407 g/mol. The Morgan fingerprint density at radius 2 is 2.04 bits per heavy atom. The lowest BCUT2D eigenvalue weighted by Gasteiger charge is -2.22. The second-order valence-corrected chi connectivity index (χ2v) is 9.35. The highest BCUT2D eigenvalue weighted by Crippen LogP contribution is 2.39. The summed E-state index contributed by atoms with van der Waals surface area (Å²) in [6.45, 7) is 4.57. The summed E-state index contributed by atoms with van der Waals surface area (Å²) in [5.74, 6) is -1.28. The van der Waals surface area contributed by atoms with E-state index in [-0.39, 0.29) is 22.4 Å². The molecule has 0 bridgehead atoms. The van der Waals surface area contributed by atoms with Gasteiger partial charge in [-0.15, -0.1) is 0 Å². The van der Waals surface area contributed by atoms with E-state index in [0.717, 1.165) is 12.8 Å². The van der Waals surface area contributed by atoms with Crippen molar-refractivity contribution >= 4 is 21.9 Å². The van der Waals surface area contributed by atoms with Crippen LogP contribution >= 0.6 is 0 Å². The Labute approximate surface area is 165 Å². The molecule has 1 aromatic rings. The number of hydrogen-bond donors (Lipinski definition) is 1. The van der Waals surface area contributed by atoms with Crippen LogP contribution in [0.25, 0.3) is 0 Å². The van der Waals surface area contributed by atoms with Crippen LogP contribution in [0.4, 0.5) is 0 Å². The number of rotatable bonds is 8. The van der Waals surface area contributed by atoms with Gasteiger partial charge in [0.2, 0.25) is 10.0 Å². The molecule has 152 valence electrons. The van der Waals surface area contributed by atoms with Crippen LogP contribution in [0.5, 0.6) is 0 Å². The molecule has 1 aliphatic rings. The molecule has 1 atom stereocenters. The normalized spacial score (nSPS) is 16.3. The number of sulfonamides is 1. The van der Waals surface area contributed by atoms with Gasteiger partial charge in [0.25, 0.3) is 5.91 Å². The number of amides is 1. The molecule has 0 spiro atoms. The summed E-state index contributed by atoms with van der Waals surface area (Å²) in [6.07, 6.45) is 1.74. The molecule has 0 unspecified atom stereocenters. The molecular weight excluding hydrogens is 382 g/mol. The maximum absolute atomic E-state index is 12.6. The molecule has 0 aromatic heterocycles. The Balaban J connectivity index is 2.03. The summed E-state index contributed by atoms with van der Waals surface area (Å²) in [5, 5.41) is 11.9. The minimum absolute atomic E-state index is 0.0243. The second-order valence-electron chi connectivity index (χ2n) is 7.36. The molecule has 0 saturated heterocycles. The van der Waals surface area contributed by atoms with Crippen molar-refractivity contribution in [1.29, 1.82) is 5.26 Å². The van der Waals surface area contributed by atoms with Crippen LogP contribution in [0.15, 0.2) is 29.2 Å². The van der Waals surface area contributed by atoms with Gasteiger partial charge in [-0.05, 0) is 57.7 Å². The van der Waals surface area contributed by atoms with Crippen molar-refractivity contribution < 1.29 is 22.7 Å². The maximum atomic E-state index is 12.6. The smallest absolute Gasteiger partial charge is 0.338 e. The average molecular weight is 407 g/mol. The van der Waals surface area contributed by atoms with Gasteiger partial charge in [0.05, 0.1) is 16.5 Å². The van der Waals surface area contributed by atoms with Gasteiger partial charge in [-0.2, -0.15) is 9.57 Å². The van der Waals surface area contributed by atoms with Gasteiger partial charge in [0, 0.05) is 13.1 Å². The van der Waals surface area contributed by atoms with Gasteiger partial charge in [-0.1, -0.05) is 6.07 Å². The minimum atomic E-state index is -3.75. The summed E-state index contributed by atoms with van der Waals surface area (Å²) in [6, 6.07) is 7.32. The molecule has 1 amide bonds. The standard InChI is InChI=1S/C19H25N3O5S/c1-13(2)22(4)28(25,26)16-7-5-6-14(10-16)18(24)27-11-17(23)21-19(3,12-20)15-8-9-15/h5-7,10,13,15H,8-9,11H2,1-4H3,(H,21,23)/t19-/m1/s1. The van der Waals surface area contributed by atoms with Crippen molar-refractivity contribution in [3.63, 3.8) is 0 Å². The number of esters is 1. The van der Waals surface area contributed by atoms with Crippen LogP contribution in [0.2, 0.25) is 0 Å². The molecule has 1 fully saturated rings. The lowest BCUT2D eigenvalue weighted by atomic mass is 9.98. The molecule has 0 heterocycles. The van der Waals surface area contributed by atoms with Crippen LogP contribution < -0.4 is 5.32 Å². The molecule has 1 saturated carbocycles. The topological polar surface area (TPSA) is 117 Å². The van der Waals surface area contributed by atoms with Crippen molar-refractivity contribution in [2.75, 3.05) is 13.7 Å². The Kier molecular flexibility index (Phi) is 6.47. The number of carbonyl (C=O) groups is 2. The fourth-order valence-electron chi connectivity index (χ4n) is 2.65. The largest absolute Gasteiger partial charge is 0.452 e. The summed E-state index contributed by atoms with van der Waals surface area (Å²) < 4.78 is 31.3. The highest BCUT2D eigenvalue weighted by molar-refractivity contribution is 7.89. The zero-order valence-corrected chi connectivity index (χ0v) is 17.2. The van der Waals surface area contributed by atoms with E-state index in [1.807, 2.05) is 0 Å². The number of carbonyl (C=O) groups excluding carboxylic acids is 2. The van der Waals surface area contributed by atoms with E-state index in [9.17, 15) is 23.3 Å². The van der Waals surface area contributed by atoms with E-state index in [1.165, 1.54) is 35.6 Å². The molecule has 8 nitrogen and oxygen atoms in total. The third-order valence-electron chi connectivity index (χ3n) is 4.83. The number of nitriles is 1. The third kappa shape index (κ3) is 4.88. The van der Waals surface area contributed by atoms with E-state index < -0.39 is 34.0 Å². The highest BCUT2D eigenvalue weighted by Gasteiger charge is 2.43. The summed E-state index contributed by atoms with van der Waals surface area (Å²) in [5.41, 5.74) is -0.949. The minimum Gasteiger partial charge on any atom is -0.452 e. The Morgan fingerprint density at radius 3 is 2.57 bits per heavy atom. The van der Waals surface area contributed by atoms with Gasteiger partial charge in [-0.25, -0.2) is 13.2 Å². The summed E-state index contributed by atoms with van der Waals surface area (Å²) in [7, 11) is -2.29. The zero-order valence-electron chi connectivity index (χ0n) is 16.4. The Bertz CT molecular complexity index is 902. The first kappa shape index (κ1) is 21.9. The summed E-state index contributed by atoms with van der Waals surface area (Å²) >= 11 is 0. The number of benzene rings is 1. The fourth-order valence-corrected chi connectivity index (χ4v) is 4.06. The second kappa shape index (κ2) is 8.29. The fraction of sp³-hybridized carbons (Fsp3) is 0.526. The van der Waals surface area contributed by atoms with Crippen LogP contribution in [0, 0.1) is 17.2 Å². The molecule has 2 rings (SSSR count). The van der Waals surface area contributed by atoms with Gasteiger partial charge < -0.3 is 10.1 Å². The van der Waals surface area contributed by atoms with E-state index in [1.54, 1.807) is 20.8 Å². The first-order valence-corrected chi connectivity index (χ1v) is 10.4. The molecule has 0 radical (unpaired) electrons. The van der Waals surface area contributed by atoms with Crippen molar-refractivity contribution in [3.8, 4) is 6.07 Å². The Morgan fingerprint density at radius 1 is 1.39 bits per heavy atom. The van der Waals surface area contributed by atoms with Crippen LogP contribution in [-0.4, -0.2) is 49.8 Å².